The molecule has 0 aliphatic rings. The molecule has 0 aromatic heterocycles. The fourth-order valence-electron chi connectivity index (χ4n) is 1.52. The third kappa shape index (κ3) is 3.29. The van der Waals surface area contributed by atoms with Crippen LogP contribution >= 0.6 is 0 Å². The van der Waals surface area contributed by atoms with Gasteiger partial charge >= 0.3 is 6.18 Å². The first-order valence-corrected chi connectivity index (χ1v) is 5.55. The molecular weight excluding hydrogens is 249 g/mol. The molecule has 6 heteroatoms. The molecule has 1 atom stereocenters. The van der Waals surface area contributed by atoms with Crippen LogP contribution in [0.25, 0.3) is 0 Å². The van der Waals surface area contributed by atoms with Crippen LogP contribution in [0.2, 0.25) is 0 Å². The molecule has 0 saturated carbocycles. The van der Waals surface area contributed by atoms with Gasteiger partial charge in [-0.1, -0.05) is 6.07 Å². The van der Waals surface area contributed by atoms with E-state index in [2.05, 4.69) is 0 Å². The van der Waals surface area contributed by atoms with Crippen molar-refractivity contribution in [3.8, 4) is 11.5 Å². The monoisotopic (exact) mass is 264 g/mol. The molecule has 0 spiro atoms. The molecule has 0 bridgehead atoms. The van der Waals surface area contributed by atoms with E-state index in [1.54, 1.807) is 13.8 Å². The zero-order valence-electron chi connectivity index (χ0n) is 10.1. The SMILES string of the molecule is CCOc1cccc(OCC)c1C(O)C(F)(F)F. The van der Waals surface area contributed by atoms with Crippen molar-refractivity contribution < 1.29 is 27.8 Å². The highest BCUT2D eigenvalue weighted by Gasteiger charge is 2.42. The van der Waals surface area contributed by atoms with E-state index in [0.29, 0.717) is 0 Å². The fourth-order valence-corrected chi connectivity index (χ4v) is 1.52. The normalized spacial score (nSPS) is 13.2. The fraction of sp³-hybridized carbons (Fsp3) is 0.500. The number of aliphatic hydroxyl groups excluding tert-OH is 1. The Hall–Kier alpha value is -1.43. The van der Waals surface area contributed by atoms with Gasteiger partial charge in [-0.2, -0.15) is 13.2 Å². The van der Waals surface area contributed by atoms with Crippen LogP contribution in [-0.2, 0) is 0 Å². The summed E-state index contributed by atoms with van der Waals surface area (Å²) in [5.41, 5.74) is -0.381. The summed E-state index contributed by atoms with van der Waals surface area (Å²) in [5, 5.41) is 9.39. The van der Waals surface area contributed by atoms with E-state index in [0.717, 1.165) is 0 Å². The quantitative estimate of drug-likeness (QED) is 0.888. The molecule has 0 fully saturated rings. The summed E-state index contributed by atoms with van der Waals surface area (Å²) in [6.45, 7) is 3.70. The van der Waals surface area contributed by atoms with Crippen molar-refractivity contribution in [1.29, 1.82) is 0 Å². The third-order valence-electron chi connectivity index (χ3n) is 2.21. The number of aliphatic hydroxyl groups is 1. The van der Waals surface area contributed by atoms with E-state index >= 15 is 0 Å². The van der Waals surface area contributed by atoms with Crippen LogP contribution < -0.4 is 9.47 Å². The molecule has 0 saturated heterocycles. The van der Waals surface area contributed by atoms with E-state index in [-0.39, 0.29) is 30.3 Å². The van der Waals surface area contributed by atoms with Crippen LogP contribution in [0.3, 0.4) is 0 Å². The summed E-state index contributed by atoms with van der Waals surface area (Å²) in [5.74, 6) is -0.0402. The number of hydrogen-bond acceptors (Lipinski definition) is 3. The minimum absolute atomic E-state index is 0.0201. The van der Waals surface area contributed by atoms with E-state index in [4.69, 9.17) is 9.47 Å². The maximum Gasteiger partial charge on any atom is 0.418 e. The second-order valence-corrected chi connectivity index (χ2v) is 3.48. The Morgan fingerprint density at radius 2 is 1.56 bits per heavy atom. The molecule has 3 nitrogen and oxygen atoms in total. The summed E-state index contributed by atoms with van der Waals surface area (Å²) in [4.78, 5) is 0. The Balaban J connectivity index is 3.25. The summed E-state index contributed by atoms with van der Waals surface area (Å²) in [6.07, 6.45) is -7.39. The summed E-state index contributed by atoms with van der Waals surface area (Å²) >= 11 is 0. The number of benzene rings is 1. The largest absolute Gasteiger partial charge is 0.493 e. The second kappa shape index (κ2) is 5.95. The van der Waals surface area contributed by atoms with Gasteiger partial charge in [-0.15, -0.1) is 0 Å². The number of halogens is 3. The maximum absolute atomic E-state index is 12.6. The van der Waals surface area contributed by atoms with Gasteiger partial charge in [0.15, 0.2) is 6.10 Å². The molecule has 0 aliphatic heterocycles. The first-order chi connectivity index (χ1) is 8.41. The molecule has 0 amide bonds. The molecule has 1 unspecified atom stereocenters. The minimum Gasteiger partial charge on any atom is -0.493 e. The van der Waals surface area contributed by atoms with Gasteiger partial charge in [0.1, 0.15) is 11.5 Å². The van der Waals surface area contributed by atoms with Crippen LogP contribution in [0.15, 0.2) is 18.2 Å². The number of alkyl halides is 3. The van der Waals surface area contributed by atoms with Gasteiger partial charge in [0, 0.05) is 0 Å². The van der Waals surface area contributed by atoms with Crippen molar-refractivity contribution in [2.24, 2.45) is 0 Å². The van der Waals surface area contributed by atoms with Crippen LogP contribution in [-0.4, -0.2) is 24.5 Å². The van der Waals surface area contributed by atoms with Crippen molar-refractivity contribution >= 4 is 0 Å². The van der Waals surface area contributed by atoms with Crippen molar-refractivity contribution in [2.75, 3.05) is 13.2 Å². The number of hydrogen-bond donors (Lipinski definition) is 1. The molecule has 1 N–H and O–H groups in total. The molecule has 1 rings (SSSR count). The van der Waals surface area contributed by atoms with Crippen LogP contribution in [0.5, 0.6) is 11.5 Å². The number of rotatable bonds is 5. The van der Waals surface area contributed by atoms with Gasteiger partial charge in [0.05, 0.1) is 18.8 Å². The molecule has 1 aromatic carbocycles. The molecule has 0 heterocycles. The average Bonchev–Trinajstić information content (AvgIpc) is 2.28. The third-order valence-corrected chi connectivity index (χ3v) is 2.21. The smallest absolute Gasteiger partial charge is 0.418 e. The first-order valence-electron chi connectivity index (χ1n) is 5.55. The van der Waals surface area contributed by atoms with Crippen molar-refractivity contribution in [3.05, 3.63) is 23.8 Å². The predicted molar refractivity (Wildman–Crippen MR) is 59.8 cm³/mol. The lowest BCUT2D eigenvalue weighted by atomic mass is 10.1. The van der Waals surface area contributed by atoms with Crippen LogP contribution in [0.4, 0.5) is 13.2 Å². The Labute approximate surface area is 103 Å². The van der Waals surface area contributed by atoms with Crippen LogP contribution in [0, 0.1) is 0 Å². The molecule has 102 valence electrons. The lowest BCUT2D eigenvalue weighted by Crippen LogP contribution is -2.22. The standard InChI is InChI=1S/C12H15F3O3/c1-3-17-8-6-5-7-9(18-4-2)10(8)11(16)12(13,14)15/h5-7,11,16H,3-4H2,1-2H3. The zero-order valence-corrected chi connectivity index (χ0v) is 10.1. The number of ether oxygens (including phenoxy) is 2. The summed E-state index contributed by atoms with van der Waals surface area (Å²) < 4.78 is 48.0. The Bertz CT molecular complexity index is 366. The predicted octanol–water partition coefficient (Wildman–Crippen LogP) is 3.08. The van der Waals surface area contributed by atoms with Gasteiger partial charge in [0.2, 0.25) is 0 Å². The van der Waals surface area contributed by atoms with Crippen molar-refractivity contribution in [2.45, 2.75) is 26.1 Å². The second-order valence-electron chi connectivity index (χ2n) is 3.48. The molecule has 0 radical (unpaired) electrons. The molecular formula is C12H15F3O3. The topological polar surface area (TPSA) is 38.7 Å². The van der Waals surface area contributed by atoms with E-state index in [9.17, 15) is 18.3 Å². The van der Waals surface area contributed by atoms with E-state index in [1.165, 1.54) is 18.2 Å². The first kappa shape index (κ1) is 14.6. The van der Waals surface area contributed by atoms with Gasteiger partial charge < -0.3 is 14.6 Å². The highest BCUT2D eigenvalue weighted by atomic mass is 19.4. The van der Waals surface area contributed by atoms with Gasteiger partial charge in [0.25, 0.3) is 0 Å². The van der Waals surface area contributed by atoms with Crippen molar-refractivity contribution in [3.63, 3.8) is 0 Å². The van der Waals surface area contributed by atoms with E-state index < -0.39 is 12.3 Å². The van der Waals surface area contributed by atoms with Crippen molar-refractivity contribution in [1.82, 2.24) is 0 Å². The van der Waals surface area contributed by atoms with Gasteiger partial charge in [-0.3, -0.25) is 0 Å². The molecule has 1 aromatic rings. The molecule has 18 heavy (non-hydrogen) atoms. The summed E-state index contributed by atoms with van der Waals surface area (Å²) in [6, 6.07) is 4.26. The zero-order chi connectivity index (χ0) is 13.8. The van der Waals surface area contributed by atoms with Gasteiger partial charge in [-0.05, 0) is 26.0 Å². The Kier molecular flexibility index (Phi) is 4.84. The average molecular weight is 264 g/mol. The molecule has 0 aliphatic carbocycles. The van der Waals surface area contributed by atoms with Gasteiger partial charge in [-0.25, -0.2) is 0 Å². The maximum atomic E-state index is 12.6. The summed E-state index contributed by atoms with van der Waals surface area (Å²) in [7, 11) is 0. The Morgan fingerprint density at radius 1 is 1.11 bits per heavy atom. The lowest BCUT2D eigenvalue weighted by molar-refractivity contribution is -0.207. The highest BCUT2D eigenvalue weighted by Crippen LogP contribution is 2.42. The lowest BCUT2D eigenvalue weighted by Gasteiger charge is -2.21. The Morgan fingerprint density at radius 3 is 1.89 bits per heavy atom. The van der Waals surface area contributed by atoms with Crippen LogP contribution in [0.1, 0.15) is 25.5 Å². The highest BCUT2D eigenvalue weighted by molar-refractivity contribution is 5.47. The minimum atomic E-state index is -4.76. The van der Waals surface area contributed by atoms with E-state index in [1.807, 2.05) is 0 Å².